The Bertz CT molecular complexity index is 243. The van der Waals surface area contributed by atoms with Crippen LogP contribution in [0, 0.1) is 5.82 Å². The molecule has 1 rings (SSSR count). The van der Waals surface area contributed by atoms with E-state index in [4.69, 9.17) is 5.73 Å². The van der Waals surface area contributed by atoms with Crippen molar-refractivity contribution in [2.24, 2.45) is 5.73 Å². The SMILES string of the molecule is N/C=C/c1cccc(F)c1. The van der Waals surface area contributed by atoms with Gasteiger partial charge >= 0.3 is 0 Å². The molecule has 0 aliphatic carbocycles. The van der Waals surface area contributed by atoms with Gasteiger partial charge in [-0.2, -0.15) is 0 Å². The molecule has 52 valence electrons. The van der Waals surface area contributed by atoms with Gasteiger partial charge in [-0.1, -0.05) is 12.1 Å². The van der Waals surface area contributed by atoms with Crippen molar-refractivity contribution in [3.8, 4) is 0 Å². The van der Waals surface area contributed by atoms with Gasteiger partial charge in [0.1, 0.15) is 5.82 Å². The summed E-state index contributed by atoms with van der Waals surface area (Å²) in [6, 6.07) is 6.24. The van der Waals surface area contributed by atoms with E-state index < -0.39 is 0 Å². The second-order valence-electron chi connectivity index (χ2n) is 1.91. The monoisotopic (exact) mass is 137 g/mol. The first-order chi connectivity index (χ1) is 4.83. The van der Waals surface area contributed by atoms with Crippen molar-refractivity contribution in [1.29, 1.82) is 0 Å². The molecule has 0 aliphatic rings. The van der Waals surface area contributed by atoms with Gasteiger partial charge in [0.05, 0.1) is 0 Å². The van der Waals surface area contributed by atoms with Crippen molar-refractivity contribution in [3.63, 3.8) is 0 Å². The molecule has 0 fully saturated rings. The van der Waals surface area contributed by atoms with E-state index in [-0.39, 0.29) is 5.82 Å². The molecule has 0 atom stereocenters. The summed E-state index contributed by atoms with van der Waals surface area (Å²) in [5.74, 6) is -0.240. The van der Waals surface area contributed by atoms with Gasteiger partial charge in [0.2, 0.25) is 0 Å². The predicted molar refractivity (Wildman–Crippen MR) is 39.6 cm³/mol. The predicted octanol–water partition coefficient (Wildman–Crippen LogP) is 1.76. The van der Waals surface area contributed by atoms with Gasteiger partial charge in [-0.05, 0) is 30.0 Å². The quantitative estimate of drug-likeness (QED) is 0.627. The fraction of sp³-hybridized carbons (Fsp3) is 0. The van der Waals surface area contributed by atoms with Crippen LogP contribution in [-0.2, 0) is 0 Å². The Hall–Kier alpha value is -1.31. The van der Waals surface area contributed by atoms with Crippen LogP contribution in [0.25, 0.3) is 6.08 Å². The van der Waals surface area contributed by atoms with Crippen molar-refractivity contribution >= 4 is 6.08 Å². The second kappa shape index (κ2) is 3.01. The summed E-state index contributed by atoms with van der Waals surface area (Å²) in [4.78, 5) is 0. The van der Waals surface area contributed by atoms with Crippen molar-refractivity contribution < 1.29 is 4.39 Å². The molecule has 0 spiro atoms. The summed E-state index contributed by atoms with van der Waals surface area (Å²) in [6.07, 6.45) is 3.03. The average Bonchev–Trinajstić information content (AvgIpc) is 1.88. The van der Waals surface area contributed by atoms with Crippen molar-refractivity contribution in [2.45, 2.75) is 0 Å². The lowest BCUT2D eigenvalue weighted by Gasteiger charge is -1.90. The molecule has 0 aliphatic heterocycles. The lowest BCUT2D eigenvalue weighted by atomic mass is 10.2. The van der Waals surface area contributed by atoms with Gasteiger partial charge in [0, 0.05) is 0 Å². The van der Waals surface area contributed by atoms with Crippen LogP contribution in [0.4, 0.5) is 4.39 Å². The first-order valence-corrected chi connectivity index (χ1v) is 2.97. The van der Waals surface area contributed by atoms with E-state index in [0.717, 1.165) is 5.56 Å². The van der Waals surface area contributed by atoms with Crippen LogP contribution >= 0.6 is 0 Å². The van der Waals surface area contributed by atoms with Crippen molar-refractivity contribution in [2.75, 3.05) is 0 Å². The Labute approximate surface area is 59.0 Å². The van der Waals surface area contributed by atoms with E-state index in [1.807, 2.05) is 0 Å². The highest BCUT2D eigenvalue weighted by molar-refractivity contribution is 5.48. The summed E-state index contributed by atoms with van der Waals surface area (Å²) in [7, 11) is 0. The van der Waals surface area contributed by atoms with E-state index >= 15 is 0 Å². The van der Waals surface area contributed by atoms with Gasteiger partial charge in [0.25, 0.3) is 0 Å². The third-order valence-corrected chi connectivity index (χ3v) is 1.14. The number of hydrogen-bond acceptors (Lipinski definition) is 1. The van der Waals surface area contributed by atoms with Crippen LogP contribution < -0.4 is 5.73 Å². The largest absolute Gasteiger partial charge is 0.405 e. The van der Waals surface area contributed by atoms with Gasteiger partial charge in [-0.3, -0.25) is 0 Å². The topological polar surface area (TPSA) is 26.0 Å². The molecule has 2 heteroatoms. The molecule has 1 aromatic carbocycles. The standard InChI is InChI=1S/C8H8FN/c9-8-3-1-2-7(6-8)4-5-10/h1-6H,10H2/b5-4+. The molecular weight excluding hydrogens is 129 g/mol. The highest BCUT2D eigenvalue weighted by Gasteiger charge is 1.87. The summed E-state index contributed by atoms with van der Waals surface area (Å²) in [5.41, 5.74) is 5.89. The fourth-order valence-corrected chi connectivity index (χ4v) is 0.721. The Morgan fingerprint density at radius 1 is 1.40 bits per heavy atom. The van der Waals surface area contributed by atoms with E-state index in [2.05, 4.69) is 0 Å². The van der Waals surface area contributed by atoms with Gasteiger partial charge in [-0.15, -0.1) is 0 Å². The van der Waals surface area contributed by atoms with Crippen molar-refractivity contribution in [1.82, 2.24) is 0 Å². The third kappa shape index (κ3) is 1.58. The number of halogens is 1. The third-order valence-electron chi connectivity index (χ3n) is 1.14. The van der Waals surface area contributed by atoms with Gasteiger partial charge in [0.15, 0.2) is 0 Å². The van der Waals surface area contributed by atoms with Crippen LogP contribution in [0.15, 0.2) is 30.5 Å². The fourth-order valence-electron chi connectivity index (χ4n) is 0.721. The molecule has 2 N–H and O–H groups in total. The van der Waals surface area contributed by atoms with Gasteiger partial charge < -0.3 is 5.73 Å². The average molecular weight is 137 g/mol. The molecule has 0 amide bonds. The van der Waals surface area contributed by atoms with Crippen LogP contribution in [0.2, 0.25) is 0 Å². The lowest BCUT2D eigenvalue weighted by Crippen LogP contribution is -1.78. The summed E-state index contributed by atoms with van der Waals surface area (Å²) < 4.78 is 12.4. The number of rotatable bonds is 1. The van der Waals surface area contributed by atoms with Crippen LogP contribution in [-0.4, -0.2) is 0 Å². The minimum absolute atomic E-state index is 0.240. The Balaban J connectivity index is 2.95. The molecule has 0 heterocycles. The molecule has 0 saturated heterocycles. The smallest absolute Gasteiger partial charge is 0.123 e. The molecule has 0 saturated carbocycles. The maximum Gasteiger partial charge on any atom is 0.123 e. The highest BCUT2D eigenvalue weighted by atomic mass is 19.1. The Kier molecular flexibility index (Phi) is 2.05. The highest BCUT2D eigenvalue weighted by Crippen LogP contribution is 2.03. The molecule has 1 nitrogen and oxygen atoms in total. The molecule has 10 heavy (non-hydrogen) atoms. The molecule has 0 radical (unpaired) electrons. The molecular formula is C8H8FN. The van der Waals surface area contributed by atoms with E-state index in [1.165, 1.54) is 18.3 Å². The van der Waals surface area contributed by atoms with Gasteiger partial charge in [-0.25, -0.2) is 4.39 Å². The van der Waals surface area contributed by atoms with Crippen LogP contribution in [0.5, 0.6) is 0 Å². The molecule has 0 unspecified atom stereocenters. The maximum atomic E-state index is 12.4. The van der Waals surface area contributed by atoms with E-state index in [0.29, 0.717) is 0 Å². The second-order valence-corrected chi connectivity index (χ2v) is 1.91. The first kappa shape index (κ1) is 6.81. The van der Waals surface area contributed by atoms with Crippen molar-refractivity contribution in [3.05, 3.63) is 41.8 Å². The first-order valence-electron chi connectivity index (χ1n) is 2.97. The van der Waals surface area contributed by atoms with Crippen LogP contribution in [0.3, 0.4) is 0 Å². The number of hydrogen-bond donors (Lipinski definition) is 1. The zero-order valence-corrected chi connectivity index (χ0v) is 5.42. The minimum Gasteiger partial charge on any atom is -0.405 e. The normalized spacial score (nSPS) is 10.5. The summed E-state index contributed by atoms with van der Waals surface area (Å²) >= 11 is 0. The Morgan fingerprint density at radius 3 is 2.80 bits per heavy atom. The Morgan fingerprint density at radius 2 is 2.20 bits per heavy atom. The number of benzene rings is 1. The molecule has 1 aromatic rings. The summed E-state index contributed by atoms with van der Waals surface area (Å²) in [5, 5.41) is 0. The number of nitrogens with two attached hydrogens (primary N) is 1. The van der Waals surface area contributed by atoms with E-state index in [9.17, 15) is 4.39 Å². The summed E-state index contributed by atoms with van der Waals surface area (Å²) in [6.45, 7) is 0. The maximum absolute atomic E-state index is 12.4. The van der Waals surface area contributed by atoms with E-state index in [1.54, 1.807) is 18.2 Å². The molecule has 0 bridgehead atoms. The van der Waals surface area contributed by atoms with Crippen LogP contribution in [0.1, 0.15) is 5.56 Å². The zero-order valence-electron chi connectivity index (χ0n) is 5.42. The minimum atomic E-state index is -0.240. The lowest BCUT2D eigenvalue weighted by molar-refractivity contribution is 0.627. The zero-order chi connectivity index (χ0) is 7.40. The molecule has 0 aromatic heterocycles.